The van der Waals surface area contributed by atoms with Crippen LogP contribution in [0.5, 0.6) is 0 Å². The lowest BCUT2D eigenvalue weighted by Gasteiger charge is -2.14. The maximum Gasteiger partial charge on any atom is -0.00249 e. The SMILES string of the molecule is C=CC1(C)CC1(C)C(=C)C. The summed E-state index contributed by atoms with van der Waals surface area (Å²) in [7, 11) is 0. The van der Waals surface area contributed by atoms with E-state index in [1.807, 2.05) is 0 Å². The van der Waals surface area contributed by atoms with Crippen molar-refractivity contribution in [3.05, 3.63) is 24.8 Å². The number of hydrogen-bond donors (Lipinski definition) is 0. The van der Waals surface area contributed by atoms with E-state index in [-0.39, 0.29) is 0 Å². The third-order valence-electron chi connectivity index (χ3n) is 3.25. The summed E-state index contributed by atoms with van der Waals surface area (Å²) in [6.45, 7) is 14.4. The van der Waals surface area contributed by atoms with Gasteiger partial charge < -0.3 is 0 Å². The van der Waals surface area contributed by atoms with E-state index in [0.29, 0.717) is 10.8 Å². The Bertz CT molecular complexity index is 190. The van der Waals surface area contributed by atoms with Crippen molar-refractivity contribution >= 4 is 0 Å². The lowest BCUT2D eigenvalue weighted by molar-refractivity contribution is 0.531. The molecule has 0 aromatic rings. The van der Waals surface area contributed by atoms with Crippen molar-refractivity contribution in [2.24, 2.45) is 10.8 Å². The highest BCUT2D eigenvalue weighted by Crippen LogP contribution is 2.67. The minimum Gasteiger partial charge on any atom is -0.103 e. The van der Waals surface area contributed by atoms with E-state index >= 15 is 0 Å². The van der Waals surface area contributed by atoms with Gasteiger partial charge >= 0.3 is 0 Å². The first kappa shape index (κ1) is 7.59. The third kappa shape index (κ3) is 0.681. The molecule has 1 fully saturated rings. The van der Waals surface area contributed by atoms with Gasteiger partial charge in [-0.25, -0.2) is 0 Å². The monoisotopic (exact) mass is 136 g/mol. The van der Waals surface area contributed by atoms with Crippen LogP contribution >= 0.6 is 0 Å². The second-order valence-electron chi connectivity index (χ2n) is 3.91. The quantitative estimate of drug-likeness (QED) is 0.511. The van der Waals surface area contributed by atoms with E-state index in [9.17, 15) is 0 Å². The van der Waals surface area contributed by atoms with Crippen molar-refractivity contribution in [2.75, 3.05) is 0 Å². The van der Waals surface area contributed by atoms with E-state index in [0.717, 1.165) is 0 Å². The zero-order valence-corrected chi connectivity index (χ0v) is 7.20. The Labute approximate surface area is 63.6 Å². The summed E-state index contributed by atoms with van der Waals surface area (Å²) in [5, 5.41) is 0. The summed E-state index contributed by atoms with van der Waals surface area (Å²) in [4.78, 5) is 0. The molecule has 56 valence electrons. The molecule has 1 rings (SSSR count). The first-order valence-corrected chi connectivity index (χ1v) is 3.76. The van der Waals surface area contributed by atoms with Gasteiger partial charge in [0.05, 0.1) is 0 Å². The zero-order valence-electron chi connectivity index (χ0n) is 7.20. The minimum absolute atomic E-state index is 0.332. The molecule has 0 nitrogen and oxygen atoms in total. The molecule has 0 saturated heterocycles. The van der Waals surface area contributed by atoms with Gasteiger partial charge in [-0.15, -0.1) is 6.58 Å². The lowest BCUT2D eigenvalue weighted by Crippen LogP contribution is -2.04. The largest absolute Gasteiger partial charge is 0.103 e. The fourth-order valence-electron chi connectivity index (χ4n) is 1.63. The summed E-state index contributed by atoms with van der Waals surface area (Å²) >= 11 is 0. The lowest BCUT2D eigenvalue weighted by atomic mass is 9.90. The van der Waals surface area contributed by atoms with Crippen LogP contribution in [0.15, 0.2) is 24.8 Å². The molecule has 1 aliphatic rings. The first-order valence-electron chi connectivity index (χ1n) is 3.76. The fourth-order valence-corrected chi connectivity index (χ4v) is 1.63. The normalized spacial score (nSPS) is 44.7. The molecule has 0 spiro atoms. The van der Waals surface area contributed by atoms with Crippen LogP contribution in [-0.4, -0.2) is 0 Å². The first-order chi connectivity index (χ1) is 4.46. The standard InChI is InChI=1S/C10H16/c1-6-9(4)7-10(9,5)8(2)3/h6H,1-2,7H2,3-5H3. The zero-order chi connectivity index (χ0) is 7.99. The number of allylic oxidation sites excluding steroid dienone is 2. The third-order valence-corrected chi connectivity index (χ3v) is 3.25. The van der Waals surface area contributed by atoms with Crippen molar-refractivity contribution in [1.82, 2.24) is 0 Å². The van der Waals surface area contributed by atoms with Crippen LogP contribution in [0.4, 0.5) is 0 Å². The van der Waals surface area contributed by atoms with Crippen molar-refractivity contribution in [2.45, 2.75) is 27.2 Å². The molecule has 0 N–H and O–H groups in total. The molecule has 0 radical (unpaired) electrons. The highest BCUT2D eigenvalue weighted by atomic mass is 14.6. The average Bonchev–Trinajstić information content (AvgIpc) is 2.39. The van der Waals surface area contributed by atoms with Gasteiger partial charge in [0.2, 0.25) is 0 Å². The second kappa shape index (κ2) is 1.75. The molecule has 10 heavy (non-hydrogen) atoms. The van der Waals surface area contributed by atoms with Gasteiger partial charge in [0.25, 0.3) is 0 Å². The minimum atomic E-state index is 0.332. The molecule has 0 heteroatoms. The summed E-state index contributed by atoms with van der Waals surface area (Å²) in [5.74, 6) is 0. The average molecular weight is 136 g/mol. The smallest absolute Gasteiger partial charge is 0.00249 e. The Hall–Kier alpha value is -0.520. The number of hydrogen-bond acceptors (Lipinski definition) is 0. The van der Waals surface area contributed by atoms with Crippen LogP contribution in [0.2, 0.25) is 0 Å². The molecule has 0 aromatic carbocycles. The Balaban J connectivity index is 2.82. The molecule has 0 heterocycles. The fraction of sp³-hybridized carbons (Fsp3) is 0.600. The maximum atomic E-state index is 3.98. The molecule has 0 amide bonds. The summed E-state index contributed by atoms with van der Waals surface area (Å²) in [6.07, 6.45) is 3.28. The number of rotatable bonds is 2. The van der Waals surface area contributed by atoms with E-state index in [4.69, 9.17) is 0 Å². The van der Waals surface area contributed by atoms with Crippen molar-refractivity contribution in [3.8, 4) is 0 Å². The van der Waals surface area contributed by atoms with Gasteiger partial charge in [0, 0.05) is 0 Å². The van der Waals surface area contributed by atoms with Gasteiger partial charge in [0.1, 0.15) is 0 Å². The van der Waals surface area contributed by atoms with Crippen molar-refractivity contribution in [3.63, 3.8) is 0 Å². The summed E-state index contributed by atoms with van der Waals surface area (Å²) in [6, 6.07) is 0. The van der Waals surface area contributed by atoms with Crippen LogP contribution in [0.3, 0.4) is 0 Å². The van der Waals surface area contributed by atoms with Crippen LogP contribution in [0.25, 0.3) is 0 Å². The van der Waals surface area contributed by atoms with Gasteiger partial charge in [-0.2, -0.15) is 0 Å². The van der Waals surface area contributed by atoms with Gasteiger partial charge in [-0.3, -0.25) is 0 Å². The Kier molecular flexibility index (Phi) is 1.33. The highest BCUT2D eigenvalue weighted by Gasteiger charge is 2.59. The van der Waals surface area contributed by atoms with Crippen molar-refractivity contribution in [1.29, 1.82) is 0 Å². The predicted molar refractivity (Wildman–Crippen MR) is 45.8 cm³/mol. The van der Waals surface area contributed by atoms with E-state index in [2.05, 4.69) is 40.0 Å². The molecule has 1 saturated carbocycles. The van der Waals surface area contributed by atoms with Gasteiger partial charge in [-0.1, -0.05) is 32.1 Å². The highest BCUT2D eigenvalue weighted by molar-refractivity contribution is 5.29. The molecule has 0 aromatic heterocycles. The van der Waals surface area contributed by atoms with Gasteiger partial charge in [0.15, 0.2) is 0 Å². The topological polar surface area (TPSA) is 0 Å². The van der Waals surface area contributed by atoms with Crippen molar-refractivity contribution < 1.29 is 0 Å². The van der Waals surface area contributed by atoms with E-state index in [1.165, 1.54) is 12.0 Å². The maximum absolute atomic E-state index is 3.98. The summed E-state index contributed by atoms with van der Waals surface area (Å²) < 4.78 is 0. The summed E-state index contributed by atoms with van der Waals surface area (Å²) in [5.41, 5.74) is 1.96. The van der Waals surface area contributed by atoms with Crippen LogP contribution in [-0.2, 0) is 0 Å². The molecule has 1 aliphatic carbocycles. The Morgan fingerprint density at radius 2 is 2.00 bits per heavy atom. The molecular weight excluding hydrogens is 120 g/mol. The van der Waals surface area contributed by atoms with E-state index < -0.39 is 0 Å². The Morgan fingerprint density at radius 1 is 1.50 bits per heavy atom. The molecule has 0 bridgehead atoms. The second-order valence-corrected chi connectivity index (χ2v) is 3.91. The van der Waals surface area contributed by atoms with Crippen LogP contribution in [0.1, 0.15) is 27.2 Å². The van der Waals surface area contributed by atoms with E-state index in [1.54, 1.807) is 0 Å². The molecular formula is C10H16. The van der Waals surface area contributed by atoms with Crippen LogP contribution in [0, 0.1) is 10.8 Å². The van der Waals surface area contributed by atoms with Gasteiger partial charge in [-0.05, 0) is 24.2 Å². The van der Waals surface area contributed by atoms with Crippen LogP contribution < -0.4 is 0 Å². The predicted octanol–water partition coefficient (Wildman–Crippen LogP) is 3.16. The molecule has 2 atom stereocenters. The molecule has 0 aliphatic heterocycles. The Morgan fingerprint density at radius 3 is 2.10 bits per heavy atom. The molecule has 2 unspecified atom stereocenters.